The summed E-state index contributed by atoms with van der Waals surface area (Å²) in [6.07, 6.45) is 3.09. The Labute approximate surface area is 176 Å². The summed E-state index contributed by atoms with van der Waals surface area (Å²) in [5.74, 6) is -1.45. The number of benzene rings is 1. The smallest absolute Gasteiger partial charge is 0.290 e. The number of ketones is 1. The molecule has 2 aromatic rings. The lowest BCUT2D eigenvalue weighted by atomic mass is 9.85. The van der Waals surface area contributed by atoms with Gasteiger partial charge in [-0.05, 0) is 41.5 Å². The van der Waals surface area contributed by atoms with E-state index in [1.807, 2.05) is 24.3 Å². The van der Waals surface area contributed by atoms with E-state index in [9.17, 15) is 14.7 Å². The minimum absolute atomic E-state index is 0.0216. The van der Waals surface area contributed by atoms with Crippen LogP contribution in [0, 0.1) is 0 Å². The quantitative estimate of drug-likeness (QED) is 0.744. The second-order valence-electron chi connectivity index (χ2n) is 8.94. The molecule has 6 heteroatoms. The van der Waals surface area contributed by atoms with Crippen molar-refractivity contribution >= 4 is 11.7 Å². The van der Waals surface area contributed by atoms with Crippen LogP contribution in [0.3, 0.4) is 0 Å². The van der Waals surface area contributed by atoms with Crippen molar-refractivity contribution in [3.05, 3.63) is 70.9 Å². The topological polar surface area (TPSA) is 80.0 Å². The van der Waals surface area contributed by atoms with Crippen molar-refractivity contribution in [2.45, 2.75) is 51.2 Å². The number of ether oxygens (including phenoxy) is 1. The molecule has 1 N–H and O–H groups in total. The predicted octanol–water partition coefficient (Wildman–Crippen LogP) is 4.33. The Hall–Kier alpha value is -2.86. The molecule has 1 aromatic heterocycles. The predicted molar refractivity (Wildman–Crippen MR) is 111 cm³/mol. The molecule has 1 amide bonds. The highest BCUT2D eigenvalue weighted by atomic mass is 16.5. The fraction of sp³-hybridized carbons (Fsp3) is 0.417. The van der Waals surface area contributed by atoms with Gasteiger partial charge < -0.3 is 19.2 Å². The van der Waals surface area contributed by atoms with E-state index in [1.165, 1.54) is 12.3 Å². The third-order valence-corrected chi connectivity index (χ3v) is 5.81. The minimum atomic E-state index is -0.687. The zero-order valence-corrected chi connectivity index (χ0v) is 17.6. The number of Topliss-reactive ketones (excluding diaryl/α,β-unsaturated/α-hetero) is 1. The SMILES string of the molecule is CC(C)(C)c1ccc([C@H]2C(C(=O)c3ccco3)=C(O)C(=O)N2C[C@H]2CCCO2)cc1. The minimum Gasteiger partial charge on any atom is -0.503 e. The van der Waals surface area contributed by atoms with Crippen LogP contribution in [-0.4, -0.2) is 41.0 Å². The van der Waals surface area contributed by atoms with Gasteiger partial charge in [0, 0.05) is 13.2 Å². The van der Waals surface area contributed by atoms with Gasteiger partial charge in [0.25, 0.3) is 5.91 Å². The number of aliphatic hydroxyl groups excluding tert-OH is 1. The van der Waals surface area contributed by atoms with Gasteiger partial charge in [0.15, 0.2) is 11.5 Å². The van der Waals surface area contributed by atoms with Crippen molar-refractivity contribution < 1.29 is 23.8 Å². The highest BCUT2D eigenvalue weighted by Crippen LogP contribution is 2.40. The molecule has 0 spiro atoms. The lowest BCUT2D eigenvalue weighted by Crippen LogP contribution is -2.37. The number of aliphatic hydroxyl groups is 1. The van der Waals surface area contributed by atoms with E-state index in [0.717, 1.165) is 24.0 Å². The van der Waals surface area contributed by atoms with Crippen LogP contribution in [-0.2, 0) is 14.9 Å². The molecule has 1 fully saturated rings. The zero-order valence-electron chi connectivity index (χ0n) is 17.6. The Bertz CT molecular complexity index is 960. The van der Waals surface area contributed by atoms with Gasteiger partial charge >= 0.3 is 0 Å². The third-order valence-electron chi connectivity index (χ3n) is 5.81. The molecule has 2 aliphatic rings. The van der Waals surface area contributed by atoms with Gasteiger partial charge in [-0.2, -0.15) is 0 Å². The number of furan rings is 1. The summed E-state index contributed by atoms with van der Waals surface area (Å²) in [7, 11) is 0. The Balaban J connectivity index is 1.75. The lowest BCUT2D eigenvalue weighted by molar-refractivity contribution is -0.131. The van der Waals surface area contributed by atoms with Gasteiger partial charge in [0.1, 0.15) is 0 Å². The van der Waals surface area contributed by atoms with Gasteiger partial charge in [0.05, 0.1) is 24.0 Å². The van der Waals surface area contributed by atoms with Crippen LogP contribution in [0.4, 0.5) is 0 Å². The molecule has 158 valence electrons. The van der Waals surface area contributed by atoms with Crippen molar-refractivity contribution in [3.63, 3.8) is 0 Å². The molecule has 0 saturated carbocycles. The molecule has 2 aliphatic heterocycles. The summed E-state index contributed by atoms with van der Waals surface area (Å²) in [4.78, 5) is 27.7. The maximum absolute atomic E-state index is 13.1. The van der Waals surface area contributed by atoms with E-state index in [-0.39, 0.29) is 22.9 Å². The summed E-state index contributed by atoms with van der Waals surface area (Å²) >= 11 is 0. The van der Waals surface area contributed by atoms with Gasteiger partial charge in [-0.25, -0.2) is 0 Å². The Kier molecular flexibility index (Phi) is 5.28. The monoisotopic (exact) mass is 409 g/mol. The molecular weight excluding hydrogens is 382 g/mol. The maximum atomic E-state index is 13.1. The summed E-state index contributed by atoms with van der Waals surface area (Å²) in [5, 5.41) is 10.7. The molecule has 1 saturated heterocycles. The Morgan fingerprint density at radius 1 is 1.20 bits per heavy atom. The molecule has 1 aromatic carbocycles. The first-order valence-corrected chi connectivity index (χ1v) is 10.3. The first-order valence-electron chi connectivity index (χ1n) is 10.3. The Morgan fingerprint density at radius 3 is 2.50 bits per heavy atom. The lowest BCUT2D eigenvalue weighted by Gasteiger charge is -2.29. The summed E-state index contributed by atoms with van der Waals surface area (Å²) < 4.78 is 11.0. The second-order valence-corrected chi connectivity index (χ2v) is 8.94. The Morgan fingerprint density at radius 2 is 1.93 bits per heavy atom. The van der Waals surface area contributed by atoms with Gasteiger partial charge in [0.2, 0.25) is 5.78 Å². The molecule has 30 heavy (non-hydrogen) atoms. The van der Waals surface area contributed by atoms with Gasteiger partial charge in [-0.1, -0.05) is 45.0 Å². The summed E-state index contributed by atoms with van der Waals surface area (Å²) in [5.41, 5.74) is 1.95. The average Bonchev–Trinajstić information content (AvgIpc) is 3.46. The molecular formula is C24H27NO5. The van der Waals surface area contributed by atoms with E-state index in [1.54, 1.807) is 11.0 Å². The van der Waals surface area contributed by atoms with Crippen LogP contribution in [0.2, 0.25) is 0 Å². The highest BCUT2D eigenvalue weighted by Gasteiger charge is 2.45. The van der Waals surface area contributed by atoms with E-state index in [0.29, 0.717) is 13.2 Å². The molecule has 2 atom stereocenters. The number of hydrogen-bond acceptors (Lipinski definition) is 5. The number of carbonyl (C=O) groups is 2. The number of nitrogens with zero attached hydrogens (tertiary/aromatic N) is 1. The second kappa shape index (κ2) is 7.76. The number of hydrogen-bond donors (Lipinski definition) is 1. The molecule has 6 nitrogen and oxygen atoms in total. The van der Waals surface area contributed by atoms with E-state index in [2.05, 4.69) is 20.8 Å². The van der Waals surface area contributed by atoms with Crippen LogP contribution in [0.15, 0.2) is 58.4 Å². The van der Waals surface area contributed by atoms with E-state index >= 15 is 0 Å². The van der Waals surface area contributed by atoms with E-state index < -0.39 is 23.5 Å². The molecule has 4 rings (SSSR count). The molecule has 0 unspecified atom stereocenters. The van der Waals surface area contributed by atoms with Crippen molar-refractivity contribution in [2.75, 3.05) is 13.2 Å². The molecule has 0 bridgehead atoms. The standard InChI is InChI=1S/C24H27NO5/c1-24(2,3)16-10-8-15(9-11-16)20-19(21(26)18-7-5-13-30-18)22(27)23(28)25(20)14-17-6-4-12-29-17/h5,7-11,13,17,20,27H,4,6,12,14H2,1-3H3/t17-,20+/m1/s1. The molecule has 3 heterocycles. The average molecular weight is 409 g/mol. The zero-order chi connectivity index (χ0) is 21.5. The van der Waals surface area contributed by atoms with Gasteiger partial charge in [-0.3, -0.25) is 9.59 Å². The number of carbonyl (C=O) groups excluding carboxylic acids is 2. The molecule has 0 radical (unpaired) electrons. The first-order chi connectivity index (χ1) is 14.3. The summed E-state index contributed by atoms with van der Waals surface area (Å²) in [6, 6.07) is 10.3. The fourth-order valence-electron chi connectivity index (χ4n) is 4.13. The van der Waals surface area contributed by atoms with E-state index in [4.69, 9.17) is 9.15 Å². The first kappa shape index (κ1) is 20.4. The van der Waals surface area contributed by atoms with Crippen LogP contribution in [0.5, 0.6) is 0 Å². The van der Waals surface area contributed by atoms with Crippen molar-refractivity contribution in [3.8, 4) is 0 Å². The number of amides is 1. The third kappa shape index (κ3) is 3.67. The number of rotatable bonds is 5. The molecule has 0 aliphatic carbocycles. The normalized spacial score (nSPS) is 22.2. The maximum Gasteiger partial charge on any atom is 0.290 e. The van der Waals surface area contributed by atoms with Crippen molar-refractivity contribution in [1.82, 2.24) is 4.90 Å². The fourth-order valence-corrected chi connectivity index (χ4v) is 4.13. The van der Waals surface area contributed by atoms with Crippen LogP contribution in [0.1, 0.15) is 61.3 Å². The highest BCUT2D eigenvalue weighted by molar-refractivity contribution is 6.15. The van der Waals surface area contributed by atoms with Crippen LogP contribution in [0.25, 0.3) is 0 Å². The summed E-state index contributed by atoms with van der Waals surface area (Å²) in [6.45, 7) is 7.37. The largest absolute Gasteiger partial charge is 0.503 e. The van der Waals surface area contributed by atoms with Crippen molar-refractivity contribution in [1.29, 1.82) is 0 Å². The van der Waals surface area contributed by atoms with Crippen molar-refractivity contribution in [2.24, 2.45) is 0 Å². The van der Waals surface area contributed by atoms with Crippen LogP contribution >= 0.6 is 0 Å². The van der Waals surface area contributed by atoms with Gasteiger partial charge in [-0.15, -0.1) is 0 Å². The van der Waals surface area contributed by atoms with Crippen LogP contribution < -0.4 is 0 Å².